The van der Waals surface area contributed by atoms with E-state index in [1.807, 2.05) is 0 Å². The van der Waals surface area contributed by atoms with Crippen molar-refractivity contribution in [2.75, 3.05) is 33.2 Å². The molecule has 2 nitrogen and oxygen atoms in total. The molecule has 1 fully saturated rings. The van der Waals surface area contributed by atoms with E-state index in [0.29, 0.717) is 5.41 Å². The molecule has 1 N–H and O–H groups in total. The normalized spacial score (nSPS) is 26.5. The molecule has 0 radical (unpaired) electrons. The van der Waals surface area contributed by atoms with Crippen LogP contribution in [0.5, 0.6) is 0 Å². The van der Waals surface area contributed by atoms with Crippen molar-refractivity contribution in [2.45, 2.75) is 27.2 Å². The van der Waals surface area contributed by atoms with Crippen molar-refractivity contribution >= 4 is 0 Å². The molecule has 88 valence electrons. The van der Waals surface area contributed by atoms with Crippen LogP contribution >= 0.6 is 0 Å². The van der Waals surface area contributed by atoms with Gasteiger partial charge in [-0.1, -0.05) is 26.0 Å². The fourth-order valence-corrected chi connectivity index (χ4v) is 2.63. The molecule has 0 aromatic heterocycles. The van der Waals surface area contributed by atoms with Crippen LogP contribution in [0.1, 0.15) is 27.2 Å². The highest BCUT2D eigenvalue weighted by atomic mass is 15.1. The van der Waals surface area contributed by atoms with E-state index in [1.165, 1.54) is 31.6 Å². The van der Waals surface area contributed by atoms with Crippen molar-refractivity contribution in [1.29, 1.82) is 0 Å². The molecule has 0 aromatic rings. The highest BCUT2D eigenvalue weighted by Crippen LogP contribution is 2.34. The first kappa shape index (κ1) is 12.7. The van der Waals surface area contributed by atoms with Crippen molar-refractivity contribution in [3.05, 3.63) is 12.2 Å². The van der Waals surface area contributed by atoms with E-state index in [-0.39, 0.29) is 0 Å². The lowest BCUT2D eigenvalue weighted by Crippen LogP contribution is -2.41. The molecule has 1 heterocycles. The van der Waals surface area contributed by atoms with Crippen LogP contribution in [0.15, 0.2) is 12.2 Å². The van der Waals surface area contributed by atoms with E-state index in [2.05, 4.69) is 44.6 Å². The highest BCUT2D eigenvalue weighted by Gasteiger charge is 2.37. The first-order valence-corrected chi connectivity index (χ1v) is 6.00. The Kier molecular flexibility index (Phi) is 4.35. The fourth-order valence-electron chi connectivity index (χ4n) is 2.63. The lowest BCUT2D eigenvalue weighted by molar-refractivity contribution is 0.142. The highest BCUT2D eigenvalue weighted by molar-refractivity contribution is 4.96. The molecule has 0 aromatic carbocycles. The predicted octanol–water partition coefficient (Wildman–Crippen LogP) is 2.13. The summed E-state index contributed by atoms with van der Waals surface area (Å²) in [6.45, 7) is 15.3. The van der Waals surface area contributed by atoms with Gasteiger partial charge in [-0.2, -0.15) is 0 Å². The maximum atomic E-state index is 3.98. The quantitative estimate of drug-likeness (QED) is 0.699. The molecule has 2 heteroatoms. The molecule has 1 saturated heterocycles. The Morgan fingerprint density at radius 1 is 1.53 bits per heavy atom. The van der Waals surface area contributed by atoms with Crippen LogP contribution in [0, 0.1) is 11.3 Å². The first-order chi connectivity index (χ1) is 6.96. The van der Waals surface area contributed by atoms with Gasteiger partial charge in [0.1, 0.15) is 0 Å². The third kappa shape index (κ3) is 3.32. The number of hydrogen-bond acceptors (Lipinski definition) is 2. The van der Waals surface area contributed by atoms with Gasteiger partial charge in [0.2, 0.25) is 0 Å². The van der Waals surface area contributed by atoms with Crippen LogP contribution < -0.4 is 5.32 Å². The molecule has 0 aliphatic carbocycles. The molecule has 0 bridgehead atoms. The average molecular weight is 210 g/mol. The van der Waals surface area contributed by atoms with Gasteiger partial charge in [0.25, 0.3) is 0 Å². The van der Waals surface area contributed by atoms with Crippen molar-refractivity contribution in [2.24, 2.45) is 11.3 Å². The van der Waals surface area contributed by atoms with Crippen LogP contribution in [0.4, 0.5) is 0 Å². The topological polar surface area (TPSA) is 15.3 Å². The lowest BCUT2D eigenvalue weighted by Gasteiger charge is -2.36. The van der Waals surface area contributed by atoms with E-state index in [9.17, 15) is 0 Å². The molecule has 1 unspecified atom stereocenters. The van der Waals surface area contributed by atoms with E-state index >= 15 is 0 Å². The van der Waals surface area contributed by atoms with E-state index < -0.39 is 0 Å². The zero-order valence-corrected chi connectivity index (χ0v) is 10.8. The number of rotatable bonds is 5. The van der Waals surface area contributed by atoms with Gasteiger partial charge < -0.3 is 10.2 Å². The summed E-state index contributed by atoms with van der Waals surface area (Å²) < 4.78 is 0. The Balaban J connectivity index is 2.55. The molecule has 0 spiro atoms. The second-order valence-electron chi connectivity index (χ2n) is 5.57. The van der Waals surface area contributed by atoms with Crippen LogP contribution in [0.2, 0.25) is 0 Å². The monoisotopic (exact) mass is 210 g/mol. The molecular formula is C13H26N2. The minimum Gasteiger partial charge on any atom is -0.316 e. The number of nitrogens with one attached hydrogen (secondary N) is 1. The van der Waals surface area contributed by atoms with Crippen molar-refractivity contribution in [3.63, 3.8) is 0 Å². The van der Waals surface area contributed by atoms with E-state index in [0.717, 1.165) is 12.5 Å². The molecule has 1 rings (SSSR count). The van der Waals surface area contributed by atoms with Crippen molar-refractivity contribution in [3.8, 4) is 0 Å². The minimum absolute atomic E-state index is 0.476. The van der Waals surface area contributed by atoms with Gasteiger partial charge in [0.15, 0.2) is 0 Å². The largest absolute Gasteiger partial charge is 0.316 e. The van der Waals surface area contributed by atoms with Crippen LogP contribution in [-0.2, 0) is 0 Å². The number of likely N-dealkylation sites (N-methyl/N-ethyl adjacent to an activating group) is 1. The summed E-state index contributed by atoms with van der Waals surface area (Å²) in [5.74, 6) is 0.750. The third-order valence-electron chi connectivity index (χ3n) is 3.63. The smallest absolute Gasteiger partial charge is 0.0184 e. The van der Waals surface area contributed by atoms with Crippen LogP contribution in [-0.4, -0.2) is 38.1 Å². The first-order valence-electron chi connectivity index (χ1n) is 6.00. The molecule has 1 aliphatic rings. The predicted molar refractivity (Wildman–Crippen MR) is 67.1 cm³/mol. The standard InChI is InChI=1S/C13H26N2/c1-11(2)8-15(5)10-13(12(3)4)6-7-14-9-13/h12,14H,1,6-10H2,2-5H3. The van der Waals surface area contributed by atoms with E-state index in [1.54, 1.807) is 0 Å². The SMILES string of the molecule is C=C(C)CN(C)CC1(C(C)C)CCNC1. The molecular weight excluding hydrogens is 184 g/mol. The zero-order chi connectivity index (χ0) is 11.5. The van der Waals surface area contributed by atoms with Gasteiger partial charge in [-0.25, -0.2) is 0 Å². The third-order valence-corrected chi connectivity index (χ3v) is 3.63. The van der Waals surface area contributed by atoms with Crippen molar-refractivity contribution in [1.82, 2.24) is 10.2 Å². The lowest BCUT2D eigenvalue weighted by atomic mass is 9.76. The van der Waals surface area contributed by atoms with Gasteiger partial charge in [-0.15, -0.1) is 0 Å². The van der Waals surface area contributed by atoms with Crippen molar-refractivity contribution < 1.29 is 0 Å². The molecule has 1 atom stereocenters. The summed E-state index contributed by atoms with van der Waals surface area (Å²) >= 11 is 0. The summed E-state index contributed by atoms with van der Waals surface area (Å²) in [4.78, 5) is 2.41. The van der Waals surface area contributed by atoms with Gasteiger partial charge in [0.05, 0.1) is 0 Å². The zero-order valence-electron chi connectivity index (χ0n) is 10.8. The Morgan fingerprint density at radius 3 is 2.60 bits per heavy atom. The Bertz CT molecular complexity index is 215. The molecule has 0 saturated carbocycles. The number of hydrogen-bond donors (Lipinski definition) is 1. The van der Waals surface area contributed by atoms with Gasteiger partial charge in [-0.3, -0.25) is 0 Å². The Hall–Kier alpha value is -0.340. The fraction of sp³-hybridized carbons (Fsp3) is 0.846. The molecule has 1 aliphatic heterocycles. The summed E-state index contributed by atoms with van der Waals surface area (Å²) in [7, 11) is 2.21. The van der Waals surface area contributed by atoms with Gasteiger partial charge in [0, 0.05) is 19.6 Å². The van der Waals surface area contributed by atoms with E-state index in [4.69, 9.17) is 0 Å². The second kappa shape index (κ2) is 5.13. The van der Waals surface area contributed by atoms with Crippen LogP contribution in [0.3, 0.4) is 0 Å². The van der Waals surface area contributed by atoms with Gasteiger partial charge >= 0.3 is 0 Å². The minimum atomic E-state index is 0.476. The second-order valence-corrected chi connectivity index (χ2v) is 5.57. The summed E-state index contributed by atoms with van der Waals surface area (Å²) in [5.41, 5.74) is 1.73. The number of nitrogens with zero attached hydrogens (tertiary/aromatic N) is 1. The summed E-state index contributed by atoms with van der Waals surface area (Å²) in [6, 6.07) is 0. The molecule has 0 amide bonds. The average Bonchev–Trinajstić information content (AvgIpc) is 2.52. The van der Waals surface area contributed by atoms with Crippen LogP contribution in [0.25, 0.3) is 0 Å². The molecule has 15 heavy (non-hydrogen) atoms. The van der Waals surface area contributed by atoms with Gasteiger partial charge in [-0.05, 0) is 38.3 Å². The maximum Gasteiger partial charge on any atom is 0.0184 e. The Morgan fingerprint density at radius 2 is 2.20 bits per heavy atom. The summed E-state index contributed by atoms with van der Waals surface area (Å²) in [6.07, 6.45) is 1.31. The maximum absolute atomic E-state index is 3.98. The summed E-state index contributed by atoms with van der Waals surface area (Å²) in [5, 5.41) is 3.50. The Labute approximate surface area is 94.7 Å².